The monoisotopic (exact) mass is 261 g/mol. The average Bonchev–Trinajstić information content (AvgIpc) is 3.06. The highest BCUT2D eigenvalue weighted by atomic mass is 16.5. The molecule has 2 aromatic rings. The van der Waals surface area contributed by atoms with Crippen molar-refractivity contribution in [3.63, 3.8) is 0 Å². The smallest absolute Gasteiger partial charge is 0.117 e. The Kier molecular flexibility index (Phi) is 3.66. The summed E-state index contributed by atoms with van der Waals surface area (Å²) in [4.78, 5) is 6.63. The summed E-state index contributed by atoms with van der Waals surface area (Å²) in [5.41, 5.74) is 1.24. The third-order valence-electron chi connectivity index (χ3n) is 3.47. The Morgan fingerprint density at radius 2 is 2.47 bits per heavy atom. The third-order valence-corrected chi connectivity index (χ3v) is 3.47. The fraction of sp³-hybridized carbons (Fsp3) is 0.500. The first-order chi connectivity index (χ1) is 9.36. The van der Waals surface area contributed by atoms with Gasteiger partial charge in [0.25, 0.3) is 0 Å². The van der Waals surface area contributed by atoms with Crippen LogP contribution < -0.4 is 0 Å². The number of fused-ring (bicyclic) bond motifs is 1. The van der Waals surface area contributed by atoms with Gasteiger partial charge in [-0.25, -0.2) is 4.98 Å². The van der Waals surface area contributed by atoms with Gasteiger partial charge in [-0.1, -0.05) is 0 Å². The van der Waals surface area contributed by atoms with E-state index < -0.39 is 0 Å². The van der Waals surface area contributed by atoms with Crippen molar-refractivity contribution in [3.05, 3.63) is 42.4 Å². The van der Waals surface area contributed by atoms with E-state index in [2.05, 4.69) is 14.5 Å². The normalized spacial score (nSPS) is 19.5. The van der Waals surface area contributed by atoms with Crippen LogP contribution >= 0.6 is 0 Å². The number of nitrogens with zero attached hydrogens (tertiary/aromatic N) is 3. The van der Waals surface area contributed by atoms with Crippen molar-refractivity contribution in [3.8, 4) is 0 Å². The van der Waals surface area contributed by atoms with Crippen LogP contribution in [0.5, 0.6) is 0 Å². The lowest BCUT2D eigenvalue weighted by Gasteiger charge is -2.33. The molecule has 0 bridgehead atoms. The Bertz CT molecular complexity index is 507. The van der Waals surface area contributed by atoms with E-state index in [0.29, 0.717) is 6.04 Å². The van der Waals surface area contributed by atoms with Gasteiger partial charge in [0.15, 0.2) is 0 Å². The lowest BCUT2D eigenvalue weighted by molar-refractivity contribution is 0.0722. The summed E-state index contributed by atoms with van der Waals surface area (Å²) in [5.74, 6) is 1.00. The molecule has 0 fully saturated rings. The van der Waals surface area contributed by atoms with Gasteiger partial charge >= 0.3 is 0 Å². The molecule has 0 radical (unpaired) electrons. The quantitative estimate of drug-likeness (QED) is 0.826. The SMILES string of the molecule is CCOCC1CN(Cc2ccco2)Cc2cncn21. The van der Waals surface area contributed by atoms with Crippen molar-refractivity contribution < 1.29 is 9.15 Å². The molecule has 0 amide bonds. The largest absolute Gasteiger partial charge is 0.468 e. The van der Waals surface area contributed by atoms with E-state index in [1.165, 1.54) is 5.69 Å². The van der Waals surface area contributed by atoms with E-state index in [4.69, 9.17) is 9.15 Å². The first kappa shape index (κ1) is 12.4. The maximum absolute atomic E-state index is 5.58. The molecule has 0 N–H and O–H groups in total. The molecule has 0 spiro atoms. The van der Waals surface area contributed by atoms with Crippen LogP contribution in [0.3, 0.4) is 0 Å². The molecule has 1 atom stereocenters. The molecule has 1 unspecified atom stereocenters. The molecule has 3 rings (SSSR count). The molecule has 102 valence electrons. The summed E-state index contributed by atoms with van der Waals surface area (Å²) in [6.45, 7) is 6.21. The number of ether oxygens (including phenoxy) is 1. The maximum atomic E-state index is 5.58. The Labute approximate surface area is 112 Å². The number of furan rings is 1. The summed E-state index contributed by atoms with van der Waals surface area (Å²) >= 11 is 0. The van der Waals surface area contributed by atoms with Crippen LogP contribution in [0.2, 0.25) is 0 Å². The molecular weight excluding hydrogens is 242 g/mol. The predicted octanol–water partition coefficient (Wildman–Crippen LogP) is 2.07. The third kappa shape index (κ3) is 2.72. The highest BCUT2D eigenvalue weighted by Gasteiger charge is 2.25. The second kappa shape index (κ2) is 5.59. The van der Waals surface area contributed by atoms with Crippen molar-refractivity contribution in [2.24, 2.45) is 0 Å². The fourth-order valence-corrected chi connectivity index (χ4v) is 2.59. The molecule has 2 aromatic heterocycles. The number of aromatic nitrogens is 2. The average molecular weight is 261 g/mol. The van der Waals surface area contributed by atoms with E-state index in [0.717, 1.165) is 38.6 Å². The van der Waals surface area contributed by atoms with E-state index in [1.54, 1.807) is 6.26 Å². The number of hydrogen-bond donors (Lipinski definition) is 0. The second-order valence-electron chi connectivity index (χ2n) is 4.85. The maximum Gasteiger partial charge on any atom is 0.117 e. The van der Waals surface area contributed by atoms with E-state index in [1.807, 2.05) is 31.6 Å². The van der Waals surface area contributed by atoms with Crippen LogP contribution in [-0.4, -0.2) is 34.2 Å². The highest BCUT2D eigenvalue weighted by Crippen LogP contribution is 2.22. The van der Waals surface area contributed by atoms with E-state index in [9.17, 15) is 0 Å². The topological polar surface area (TPSA) is 43.4 Å². The van der Waals surface area contributed by atoms with Crippen molar-refractivity contribution in [1.29, 1.82) is 0 Å². The number of hydrogen-bond acceptors (Lipinski definition) is 4. The molecule has 0 saturated carbocycles. The molecule has 5 nitrogen and oxygen atoms in total. The summed E-state index contributed by atoms with van der Waals surface area (Å²) in [5, 5.41) is 0. The van der Waals surface area contributed by atoms with Gasteiger partial charge in [0.1, 0.15) is 5.76 Å². The summed E-state index contributed by atoms with van der Waals surface area (Å²) in [7, 11) is 0. The van der Waals surface area contributed by atoms with Gasteiger partial charge in [0, 0.05) is 25.9 Å². The van der Waals surface area contributed by atoms with Gasteiger partial charge in [-0.2, -0.15) is 0 Å². The van der Waals surface area contributed by atoms with Gasteiger partial charge in [0.05, 0.1) is 37.5 Å². The van der Waals surface area contributed by atoms with Gasteiger partial charge < -0.3 is 13.7 Å². The Morgan fingerprint density at radius 1 is 1.53 bits per heavy atom. The first-order valence-electron chi connectivity index (χ1n) is 6.70. The minimum Gasteiger partial charge on any atom is -0.468 e. The molecule has 5 heteroatoms. The molecule has 0 aromatic carbocycles. The molecule has 3 heterocycles. The van der Waals surface area contributed by atoms with Crippen molar-refractivity contribution in [2.75, 3.05) is 19.8 Å². The van der Waals surface area contributed by atoms with Crippen molar-refractivity contribution in [1.82, 2.24) is 14.5 Å². The Balaban J connectivity index is 1.72. The number of rotatable bonds is 5. The molecule has 19 heavy (non-hydrogen) atoms. The van der Waals surface area contributed by atoms with Crippen LogP contribution in [0, 0.1) is 0 Å². The van der Waals surface area contributed by atoms with Crippen molar-refractivity contribution >= 4 is 0 Å². The molecular formula is C14H19N3O2. The van der Waals surface area contributed by atoms with Gasteiger partial charge in [-0.3, -0.25) is 4.90 Å². The second-order valence-corrected chi connectivity index (χ2v) is 4.85. The van der Waals surface area contributed by atoms with Crippen molar-refractivity contribution in [2.45, 2.75) is 26.1 Å². The zero-order valence-electron chi connectivity index (χ0n) is 11.2. The minimum absolute atomic E-state index is 0.334. The summed E-state index contributed by atoms with van der Waals surface area (Å²) in [6.07, 6.45) is 5.57. The standard InChI is InChI=1S/C14H19N3O2/c1-2-18-10-13-8-16(9-14-4-3-5-19-14)7-12-6-15-11-17(12)13/h3-6,11,13H,2,7-10H2,1H3. The van der Waals surface area contributed by atoms with E-state index in [-0.39, 0.29) is 0 Å². The van der Waals surface area contributed by atoms with Crippen LogP contribution in [0.4, 0.5) is 0 Å². The Hall–Kier alpha value is -1.59. The van der Waals surface area contributed by atoms with Gasteiger partial charge in [0.2, 0.25) is 0 Å². The summed E-state index contributed by atoms with van der Waals surface area (Å²) in [6, 6.07) is 4.28. The first-order valence-corrected chi connectivity index (χ1v) is 6.70. The Morgan fingerprint density at radius 3 is 3.26 bits per heavy atom. The summed E-state index contributed by atoms with van der Waals surface area (Å²) < 4.78 is 13.2. The van der Waals surface area contributed by atoms with Crippen LogP contribution in [0.25, 0.3) is 0 Å². The molecule has 0 saturated heterocycles. The fourth-order valence-electron chi connectivity index (χ4n) is 2.59. The van der Waals surface area contributed by atoms with Gasteiger partial charge in [-0.15, -0.1) is 0 Å². The lowest BCUT2D eigenvalue weighted by Crippen LogP contribution is -2.38. The predicted molar refractivity (Wildman–Crippen MR) is 70.6 cm³/mol. The van der Waals surface area contributed by atoms with Crippen LogP contribution in [0.1, 0.15) is 24.4 Å². The number of imidazole rings is 1. The minimum atomic E-state index is 0.334. The van der Waals surface area contributed by atoms with E-state index >= 15 is 0 Å². The molecule has 1 aliphatic heterocycles. The van der Waals surface area contributed by atoms with Crippen LogP contribution in [-0.2, 0) is 17.8 Å². The molecule has 0 aliphatic carbocycles. The van der Waals surface area contributed by atoms with Gasteiger partial charge in [-0.05, 0) is 19.1 Å². The zero-order valence-corrected chi connectivity index (χ0v) is 11.2. The highest BCUT2D eigenvalue weighted by molar-refractivity contribution is 5.06. The molecule has 1 aliphatic rings. The van der Waals surface area contributed by atoms with Crippen LogP contribution in [0.15, 0.2) is 35.3 Å². The zero-order chi connectivity index (χ0) is 13.1. The lowest BCUT2D eigenvalue weighted by atomic mass is 10.2.